The van der Waals surface area contributed by atoms with Crippen LogP contribution >= 0.6 is 11.3 Å². The number of thiophene rings is 1. The first-order chi connectivity index (χ1) is 16.3. The average molecular weight is 505 g/mol. The zero-order chi connectivity index (χ0) is 23.9. The molecule has 0 bridgehead atoms. The summed E-state index contributed by atoms with van der Waals surface area (Å²) in [5.74, 6) is -0.891. The number of aliphatic carboxylic acids is 1. The Morgan fingerprint density at radius 1 is 1.06 bits per heavy atom. The van der Waals surface area contributed by atoms with E-state index in [1.54, 1.807) is 53.2 Å². The molecular formula is C24H15F3N3NaO3S. The van der Waals surface area contributed by atoms with Crippen molar-refractivity contribution in [2.24, 2.45) is 0 Å². The van der Waals surface area contributed by atoms with E-state index in [2.05, 4.69) is 10.1 Å². The van der Waals surface area contributed by atoms with Gasteiger partial charge in [-0.05, 0) is 35.9 Å². The number of aryl methyl sites for hydroxylation is 1. The number of carboxylic acid groups (broad SMARTS) is 1. The minimum absolute atomic E-state index is 0. The SMILES string of the molecule is O=C([O-])CCn1ccc2cc(-c3noc(-c4cc(-c5ccccc5)c(C(F)(F)F)s4)n3)ccc21.[Na+]. The van der Waals surface area contributed by atoms with Gasteiger partial charge in [-0.25, -0.2) is 0 Å². The molecule has 0 aliphatic carbocycles. The number of nitrogens with zero attached hydrogens (tertiary/aromatic N) is 3. The van der Waals surface area contributed by atoms with Gasteiger partial charge in [0.05, 0.1) is 4.88 Å². The maximum absolute atomic E-state index is 13.7. The zero-order valence-corrected chi connectivity index (χ0v) is 21.2. The molecule has 5 rings (SSSR count). The molecule has 0 N–H and O–H groups in total. The van der Waals surface area contributed by atoms with E-state index >= 15 is 0 Å². The van der Waals surface area contributed by atoms with E-state index in [0.29, 0.717) is 22.5 Å². The number of carboxylic acids is 1. The van der Waals surface area contributed by atoms with Crippen molar-refractivity contribution in [3.8, 4) is 33.3 Å². The normalized spacial score (nSPS) is 11.5. The number of fused-ring (bicyclic) bond motifs is 1. The van der Waals surface area contributed by atoms with E-state index in [9.17, 15) is 23.1 Å². The molecule has 0 unspecified atom stereocenters. The van der Waals surface area contributed by atoms with Crippen molar-refractivity contribution >= 4 is 28.2 Å². The van der Waals surface area contributed by atoms with Gasteiger partial charge in [0.2, 0.25) is 5.82 Å². The summed E-state index contributed by atoms with van der Waals surface area (Å²) >= 11 is 0.559. The van der Waals surface area contributed by atoms with Gasteiger partial charge < -0.3 is 19.0 Å². The molecule has 6 nitrogen and oxygen atoms in total. The molecule has 0 aliphatic heterocycles. The van der Waals surface area contributed by atoms with E-state index in [4.69, 9.17) is 4.52 Å². The summed E-state index contributed by atoms with van der Waals surface area (Å²) in [4.78, 5) is 14.6. The summed E-state index contributed by atoms with van der Waals surface area (Å²) in [6.07, 6.45) is -2.86. The Kier molecular flexibility index (Phi) is 7.18. The third kappa shape index (κ3) is 5.20. The van der Waals surface area contributed by atoms with Crippen LogP contribution in [0.5, 0.6) is 0 Å². The number of alkyl halides is 3. The molecule has 3 aromatic heterocycles. The second-order valence-electron chi connectivity index (χ2n) is 7.55. The Balaban J connectivity index is 0.00000289. The number of hydrogen-bond donors (Lipinski definition) is 0. The van der Waals surface area contributed by atoms with Crippen LogP contribution in [0.15, 0.2) is 71.4 Å². The first-order valence-corrected chi connectivity index (χ1v) is 11.0. The summed E-state index contributed by atoms with van der Waals surface area (Å²) in [6, 6.07) is 16.9. The van der Waals surface area contributed by atoms with Crippen LogP contribution in [-0.2, 0) is 17.5 Å². The number of hydrogen-bond acceptors (Lipinski definition) is 6. The third-order valence-electron chi connectivity index (χ3n) is 5.30. The summed E-state index contributed by atoms with van der Waals surface area (Å²) in [6.45, 7) is 0.279. The van der Waals surface area contributed by atoms with E-state index in [1.807, 2.05) is 12.1 Å². The molecular weight excluding hydrogens is 490 g/mol. The number of halogens is 3. The Morgan fingerprint density at radius 3 is 2.54 bits per heavy atom. The number of rotatable bonds is 6. The number of aromatic nitrogens is 3. The molecule has 0 atom stereocenters. The third-order valence-corrected chi connectivity index (χ3v) is 6.47. The maximum Gasteiger partial charge on any atom is 1.00 e. The molecule has 2 aromatic carbocycles. The fourth-order valence-electron chi connectivity index (χ4n) is 3.73. The Bertz CT molecular complexity index is 1490. The van der Waals surface area contributed by atoms with Gasteiger partial charge in [-0.15, -0.1) is 11.3 Å². The van der Waals surface area contributed by atoms with Gasteiger partial charge in [0, 0.05) is 47.2 Å². The molecule has 0 saturated heterocycles. The molecule has 0 saturated carbocycles. The van der Waals surface area contributed by atoms with Crippen molar-refractivity contribution in [1.82, 2.24) is 14.7 Å². The van der Waals surface area contributed by atoms with Gasteiger partial charge in [-0.2, -0.15) is 18.2 Å². The molecule has 172 valence electrons. The van der Waals surface area contributed by atoms with Crippen LogP contribution in [-0.4, -0.2) is 20.7 Å². The minimum atomic E-state index is -4.52. The minimum Gasteiger partial charge on any atom is -0.550 e. The van der Waals surface area contributed by atoms with E-state index < -0.39 is 17.0 Å². The summed E-state index contributed by atoms with van der Waals surface area (Å²) in [7, 11) is 0. The summed E-state index contributed by atoms with van der Waals surface area (Å²) in [5, 5.41) is 15.5. The van der Waals surface area contributed by atoms with Gasteiger partial charge >= 0.3 is 35.7 Å². The Labute approximate surface area is 223 Å². The van der Waals surface area contributed by atoms with Gasteiger partial charge in [0.25, 0.3) is 5.89 Å². The Hall–Kier alpha value is -2.92. The van der Waals surface area contributed by atoms with Crippen molar-refractivity contribution in [3.05, 3.63) is 71.7 Å². The molecule has 5 aromatic rings. The first kappa shape index (κ1) is 25.2. The largest absolute Gasteiger partial charge is 1.00 e. The van der Waals surface area contributed by atoms with E-state index in [0.717, 1.165) is 10.9 Å². The maximum atomic E-state index is 13.7. The van der Waals surface area contributed by atoms with Gasteiger partial charge in [0.1, 0.15) is 4.88 Å². The van der Waals surface area contributed by atoms with Gasteiger partial charge in [-0.3, -0.25) is 0 Å². The fraction of sp³-hybridized carbons (Fsp3) is 0.125. The van der Waals surface area contributed by atoms with Crippen LogP contribution in [0.3, 0.4) is 0 Å². The topological polar surface area (TPSA) is 84.0 Å². The molecule has 3 heterocycles. The second kappa shape index (κ2) is 9.98. The van der Waals surface area contributed by atoms with Gasteiger partial charge in [-0.1, -0.05) is 35.5 Å². The Morgan fingerprint density at radius 2 is 1.83 bits per heavy atom. The molecule has 0 amide bonds. The molecule has 35 heavy (non-hydrogen) atoms. The molecule has 0 aliphatic rings. The zero-order valence-electron chi connectivity index (χ0n) is 18.4. The van der Waals surface area contributed by atoms with E-state index in [1.165, 1.54) is 6.07 Å². The van der Waals surface area contributed by atoms with Crippen LogP contribution < -0.4 is 34.7 Å². The van der Waals surface area contributed by atoms with E-state index in [-0.39, 0.29) is 64.7 Å². The standard InChI is InChI=1S/C24H16F3N3O3S.Na/c25-24(26,27)21-17(14-4-2-1-3-5-14)13-19(34-21)23-28-22(29-33-23)16-6-7-18-15(12-16)8-10-30(18)11-9-20(31)32;/h1-8,10,12-13H,9,11H2,(H,31,32);/q;+1/p-1. The molecule has 0 spiro atoms. The number of carbonyl (C=O) groups excluding carboxylic acids is 1. The summed E-state index contributed by atoms with van der Waals surface area (Å²) in [5.41, 5.74) is 1.96. The van der Waals surface area contributed by atoms with Crippen LogP contribution in [0.1, 0.15) is 11.3 Å². The van der Waals surface area contributed by atoms with Crippen molar-refractivity contribution < 1.29 is 57.2 Å². The van der Waals surface area contributed by atoms with Crippen LogP contribution in [0.4, 0.5) is 13.2 Å². The first-order valence-electron chi connectivity index (χ1n) is 10.2. The van der Waals surface area contributed by atoms with Gasteiger partial charge in [0.15, 0.2) is 0 Å². The molecule has 0 radical (unpaired) electrons. The van der Waals surface area contributed by atoms with Crippen LogP contribution in [0.2, 0.25) is 0 Å². The number of carbonyl (C=O) groups is 1. The van der Waals surface area contributed by atoms with Crippen LogP contribution in [0, 0.1) is 0 Å². The average Bonchev–Trinajstić information content (AvgIpc) is 3.55. The predicted molar refractivity (Wildman–Crippen MR) is 119 cm³/mol. The number of benzene rings is 2. The molecule has 0 fully saturated rings. The second-order valence-corrected chi connectivity index (χ2v) is 8.60. The fourth-order valence-corrected chi connectivity index (χ4v) is 4.70. The molecule has 11 heteroatoms. The van der Waals surface area contributed by atoms with Crippen molar-refractivity contribution in [3.63, 3.8) is 0 Å². The van der Waals surface area contributed by atoms with Crippen molar-refractivity contribution in [2.45, 2.75) is 19.1 Å². The predicted octanol–water partition coefficient (Wildman–Crippen LogP) is 2.25. The quantitative estimate of drug-likeness (QED) is 0.331. The van der Waals surface area contributed by atoms with Crippen molar-refractivity contribution in [1.29, 1.82) is 0 Å². The van der Waals surface area contributed by atoms with Crippen molar-refractivity contribution in [2.75, 3.05) is 0 Å². The summed E-state index contributed by atoms with van der Waals surface area (Å²) < 4.78 is 48.2. The smallest absolute Gasteiger partial charge is 0.550 e. The monoisotopic (exact) mass is 505 g/mol. The van der Waals surface area contributed by atoms with Crippen LogP contribution in [0.25, 0.3) is 44.2 Å².